The van der Waals surface area contributed by atoms with E-state index >= 15 is 0 Å². The molecule has 0 saturated heterocycles. The van der Waals surface area contributed by atoms with Crippen molar-refractivity contribution in [3.63, 3.8) is 0 Å². The third-order valence-electron chi connectivity index (χ3n) is 5.92. The van der Waals surface area contributed by atoms with Crippen LogP contribution in [0.5, 0.6) is 0 Å². The Morgan fingerprint density at radius 2 is 1.96 bits per heavy atom. The second-order valence-electron chi connectivity index (χ2n) is 7.79. The summed E-state index contributed by atoms with van der Waals surface area (Å²) in [7, 11) is 0. The fraction of sp³-hybridized carbons (Fsp3) is 0.619. The van der Waals surface area contributed by atoms with Crippen LogP contribution < -0.4 is 0 Å². The number of hydrogen-bond acceptors (Lipinski definition) is 5. The SMILES string of the molecule is Cc1nnc([C@@H]2Cc3ccccc3CN2CCO[C@H]2CCCC[C@H]2C)o1. The van der Waals surface area contributed by atoms with Gasteiger partial charge in [0.25, 0.3) is 0 Å². The second kappa shape index (κ2) is 7.89. The largest absolute Gasteiger partial charge is 0.424 e. The summed E-state index contributed by atoms with van der Waals surface area (Å²) in [5.74, 6) is 2.04. The highest BCUT2D eigenvalue weighted by Gasteiger charge is 2.31. The Morgan fingerprint density at radius 1 is 1.15 bits per heavy atom. The van der Waals surface area contributed by atoms with E-state index in [-0.39, 0.29) is 6.04 Å². The predicted molar refractivity (Wildman–Crippen MR) is 99.7 cm³/mol. The number of hydrogen-bond donors (Lipinski definition) is 0. The average Bonchev–Trinajstić information content (AvgIpc) is 3.09. The Labute approximate surface area is 155 Å². The molecule has 26 heavy (non-hydrogen) atoms. The van der Waals surface area contributed by atoms with E-state index in [1.165, 1.54) is 36.8 Å². The maximum Gasteiger partial charge on any atom is 0.233 e. The number of fused-ring (bicyclic) bond motifs is 1. The molecule has 0 N–H and O–H groups in total. The highest BCUT2D eigenvalue weighted by Crippen LogP contribution is 2.33. The van der Waals surface area contributed by atoms with Crippen molar-refractivity contribution < 1.29 is 9.15 Å². The first-order chi connectivity index (χ1) is 12.7. The van der Waals surface area contributed by atoms with Crippen molar-refractivity contribution in [1.29, 1.82) is 0 Å². The first kappa shape index (κ1) is 17.7. The van der Waals surface area contributed by atoms with Gasteiger partial charge in [-0.3, -0.25) is 4.90 Å². The Balaban J connectivity index is 1.45. The van der Waals surface area contributed by atoms with Gasteiger partial charge in [0.15, 0.2) is 0 Å². The van der Waals surface area contributed by atoms with Crippen LogP contribution in [0.3, 0.4) is 0 Å². The van der Waals surface area contributed by atoms with E-state index in [9.17, 15) is 0 Å². The molecule has 0 spiro atoms. The van der Waals surface area contributed by atoms with E-state index in [4.69, 9.17) is 9.15 Å². The third kappa shape index (κ3) is 3.84. The molecule has 0 unspecified atom stereocenters. The molecule has 1 aromatic carbocycles. The maximum absolute atomic E-state index is 6.27. The molecule has 2 aliphatic rings. The van der Waals surface area contributed by atoms with Crippen molar-refractivity contribution in [3.05, 3.63) is 47.2 Å². The van der Waals surface area contributed by atoms with Gasteiger partial charge in [0.05, 0.1) is 18.8 Å². The fourth-order valence-electron chi connectivity index (χ4n) is 4.35. The molecule has 3 atom stereocenters. The summed E-state index contributed by atoms with van der Waals surface area (Å²) in [6.45, 7) is 6.74. The van der Waals surface area contributed by atoms with E-state index in [1.807, 2.05) is 6.92 Å². The van der Waals surface area contributed by atoms with Gasteiger partial charge >= 0.3 is 0 Å². The number of ether oxygens (including phenoxy) is 1. The van der Waals surface area contributed by atoms with E-state index in [0.29, 0.717) is 17.9 Å². The van der Waals surface area contributed by atoms with Crippen LogP contribution in [0, 0.1) is 12.8 Å². The van der Waals surface area contributed by atoms with Gasteiger partial charge in [0, 0.05) is 20.0 Å². The zero-order chi connectivity index (χ0) is 17.9. The minimum Gasteiger partial charge on any atom is -0.424 e. The number of aryl methyl sites for hydroxylation is 1. The maximum atomic E-state index is 6.27. The quantitative estimate of drug-likeness (QED) is 0.809. The Morgan fingerprint density at radius 3 is 2.73 bits per heavy atom. The normalized spacial score (nSPS) is 26.6. The standard InChI is InChI=1S/C21H29N3O2/c1-15-7-3-6-10-20(15)25-12-11-24-14-18-9-5-4-8-17(18)13-19(24)21-23-22-16(2)26-21/h4-5,8-9,15,19-20H,3,6-7,10-14H2,1-2H3/t15-,19+,20+/m1/s1. The Bertz CT molecular complexity index is 730. The predicted octanol–water partition coefficient (Wildman–Crippen LogP) is 4.07. The number of benzene rings is 1. The average molecular weight is 355 g/mol. The van der Waals surface area contributed by atoms with E-state index in [2.05, 4.69) is 46.3 Å². The highest BCUT2D eigenvalue weighted by molar-refractivity contribution is 5.30. The molecular formula is C21H29N3O2. The second-order valence-corrected chi connectivity index (χ2v) is 7.79. The van der Waals surface area contributed by atoms with Crippen LogP contribution in [-0.2, 0) is 17.7 Å². The van der Waals surface area contributed by atoms with Gasteiger partial charge in [-0.2, -0.15) is 0 Å². The molecule has 0 amide bonds. The van der Waals surface area contributed by atoms with Gasteiger partial charge in [-0.05, 0) is 36.3 Å². The van der Waals surface area contributed by atoms with Crippen LogP contribution in [0.4, 0.5) is 0 Å². The number of rotatable bonds is 5. The molecule has 1 fully saturated rings. The minimum atomic E-state index is 0.137. The smallest absolute Gasteiger partial charge is 0.233 e. The van der Waals surface area contributed by atoms with Gasteiger partial charge in [0.1, 0.15) is 0 Å². The zero-order valence-electron chi connectivity index (χ0n) is 15.9. The fourth-order valence-corrected chi connectivity index (χ4v) is 4.35. The summed E-state index contributed by atoms with van der Waals surface area (Å²) in [4.78, 5) is 2.43. The molecule has 4 rings (SSSR count). The van der Waals surface area contributed by atoms with Crippen molar-refractivity contribution in [2.24, 2.45) is 5.92 Å². The van der Waals surface area contributed by atoms with Gasteiger partial charge < -0.3 is 9.15 Å². The molecule has 5 heteroatoms. The molecule has 140 valence electrons. The van der Waals surface area contributed by atoms with Crippen LogP contribution in [0.1, 0.15) is 61.6 Å². The first-order valence-electron chi connectivity index (χ1n) is 9.93. The molecule has 1 aromatic heterocycles. The molecule has 0 radical (unpaired) electrons. The van der Waals surface area contributed by atoms with Crippen molar-refractivity contribution in [3.8, 4) is 0 Å². The van der Waals surface area contributed by atoms with Crippen LogP contribution in [-0.4, -0.2) is 34.4 Å². The van der Waals surface area contributed by atoms with Crippen molar-refractivity contribution in [1.82, 2.24) is 15.1 Å². The van der Waals surface area contributed by atoms with E-state index < -0.39 is 0 Å². The lowest BCUT2D eigenvalue weighted by Crippen LogP contribution is -2.38. The van der Waals surface area contributed by atoms with E-state index in [1.54, 1.807) is 0 Å². The summed E-state index contributed by atoms with van der Waals surface area (Å²) >= 11 is 0. The van der Waals surface area contributed by atoms with Crippen LogP contribution in [0.25, 0.3) is 0 Å². The highest BCUT2D eigenvalue weighted by atomic mass is 16.5. The van der Waals surface area contributed by atoms with Gasteiger partial charge in [-0.15, -0.1) is 10.2 Å². The lowest BCUT2D eigenvalue weighted by atomic mass is 9.88. The monoisotopic (exact) mass is 355 g/mol. The van der Waals surface area contributed by atoms with Gasteiger partial charge in [-0.1, -0.05) is 44.0 Å². The Hall–Kier alpha value is -1.72. The summed E-state index contributed by atoms with van der Waals surface area (Å²) in [6, 6.07) is 8.80. The number of nitrogens with zero attached hydrogens (tertiary/aromatic N) is 3. The molecular weight excluding hydrogens is 326 g/mol. The zero-order valence-corrected chi connectivity index (χ0v) is 15.9. The topological polar surface area (TPSA) is 51.4 Å². The van der Waals surface area contributed by atoms with Crippen molar-refractivity contribution in [2.45, 2.75) is 64.6 Å². The Kier molecular flexibility index (Phi) is 5.36. The number of aromatic nitrogens is 2. The summed E-state index contributed by atoms with van der Waals surface area (Å²) in [5.41, 5.74) is 2.78. The van der Waals surface area contributed by atoms with E-state index in [0.717, 1.165) is 32.0 Å². The molecule has 1 aliphatic heterocycles. The molecule has 2 aromatic rings. The van der Waals surface area contributed by atoms with Crippen LogP contribution in [0.15, 0.2) is 28.7 Å². The lowest BCUT2D eigenvalue weighted by molar-refractivity contribution is -0.0216. The molecule has 5 nitrogen and oxygen atoms in total. The summed E-state index contributed by atoms with van der Waals surface area (Å²) in [6.07, 6.45) is 6.49. The minimum absolute atomic E-state index is 0.137. The van der Waals surface area contributed by atoms with Crippen molar-refractivity contribution in [2.75, 3.05) is 13.2 Å². The molecule has 1 aliphatic carbocycles. The molecule has 0 bridgehead atoms. The third-order valence-corrected chi connectivity index (χ3v) is 5.92. The first-order valence-corrected chi connectivity index (χ1v) is 9.93. The van der Waals surface area contributed by atoms with Crippen LogP contribution in [0.2, 0.25) is 0 Å². The van der Waals surface area contributed by atoms with Gasteiger partial charge in [0.2, 0.25) is 11.8 Å². The lowest BCUT2D eigenvalue weighted by Gasteiger charge is -2.36. The van der Waals surface area contributed by atoms with Crippen molar-refractivity contribution >= 4 is 0 Å². The molecule has 2 heterocycles. The summed E-state index contributed by atoms with van der Waals surface area (Å²) < 4.78 is 12.0. The van der Waals surface area contributed by atoms with Crippen LogP contribution >= 0.6 is 0 Å². The summed E-state index contributed by atoms with van der Waals surface area (Å²) in [5, 5.41) is 8.34. The van der Waals surface area contributed by atoms with Gasteiger partial charge in [-0.25, -0.2) is 0 Å². The molecule has 1 saturated carbocycles.